The zero-order valence-electron chi connectivity index (χ0n) is 9.25. The van der Waals surface area contributed by atoms with Gasteiger partial charge >= 0.3 is 0 Å². The van der Waals surface area contributed by atoms with Crippen molar-refractivity contribution >= 4 is 0 Å². The van der Waals surface area contributed by atoms with Crippen LogP contribution in [0.4, 0.5) is 0 Å². The van der Waals surface area contributed by atoms with Crippen LogP contribution in [-0.2, 0) is 11.8 Å². The van der Waals surface area contributed by atoms with Crippen molar-refractivity contribution in [2.24, 2.45) is 0 Å². The highest BCUT2D eigenvalue weighted by atomic mass is 16.5. The van der Waals surface area contributed by atoms with Crippen molar-refractivity contribution in [3.05, 3.63) is 23.5 Å². The molecule has 2 nitrogen and oxygen atoms in total. The number of aromatic nitrogens is 1. The van der Waals surface area contributed by atoms with E-state index < -0.39 is 0 Å². The van der Waals surface area contributed by atoms with E-state index >= 15 is 0 Å². The second kappa shape index (κ2) is 3.22. The van der Waals surface area contributed by atoms with Gasteiger partial charge in [0.15, 0.2) is 0 Å². The molecule has 0 bridgehead atoms. The molecule has 2 aliphatic carbocycles. The van der Waals surface area contributed by atoms with E-state index in [9.17, 15) is 0 Å². The Morgan fingerprint density at radius 2 is 2.00 bits per heavy atom. The van der Waals surface area contributed by atoms with Crippen molar-refractivity contribution in [2.45, 2.75) is 43.9 Å². The van der Waals surface area contributed by atoms with Gasteiger partial charge in [0, 0.05) is 11.8 Å². The maximum absolute atomic E-state index is 5.40. The summed E-state index contributed by atoms with van der Waals surface area (Å²) in [6.07, 6.45) is 11.9. The molecule has 0 atom stereocenters. The van der Waals surface area contributed by atoms with Crippen molar-refractivity contribution < 1.29 is 4.74 Å². The topological polar surface area (TPSA) is 22.1 Å². The highest BCUT2D eigenvalue weighted by Crippen LogP contribution is 2.51. The Labute approximate surface area is 90.7 Å². The Kier molecular flexibility index (Phi) is 1.98. The van der Waals surface area contributed by atoms with Crippen LogP contribution in [0.3, 0.4) is 0 Å². The molecule has 1 aromatic rings. The maximum Gasteiger partial charge on any atom is 0.140 e. The molecule has 80 valence electrons. The number of rotatable bonds is 1. The third kappa shape index (κ3) is 1.20. The van der Waals surface area contributed by atoms with Gasteiger partial charge in [0.25, 0.3) is 0 Å². The monoisotopic (exact) mass is 203 g/mol. The molecule has 2 heteroatoms. The molecular weight excluding hydrogens is 186 g/mol. The molecule has 0 unspecified atom stereocenters. The van der Waals surface area contributed by atoms with E-state index in [0.29, 0.717) is 5.41 Å². The fourth-order valence-electron chi connectivity index (χ4n) is 3.43. The van der Waals surface area contributed by atoms with E-state index in [1.807, 2.05) is 6.20 Å². The van der Waals surface area contributed by atoms with E-state index in [4.69, 9.17) is 4.74 Å². The van der Waals surface area contributed by atoms with Crippen molar-refractivity contribution in [1.29, 1.82) is 0 Å². The summed E-state index contributed by atoms with van der Waals surface area (Å²) >= 11 is 0. The molecule has 0 saturated heterocycles. The summed E-state index contributed by atoms with van der Waals surface area (Å²) in [5.74, 6) is 0.997. The number of hydrogen-bond donors (Lipinski definition) is 0. The number of hydrogen-bond acceptors (Lipinski definition) is 2. The summed E-state index contributed by atoms with van der Waals surface area (Å²) in [4.78, 5) is 4.32. The van der Waals surface area contributed by atoms with Crippen LogP contribution in [0.1, 0.15) is 43.2 Å². The SMILES string of the molecule is COc1cncc2c1CCC21CCCC1. The van der Waals surface area contributed by atoms with Crippen molar-refractivity contribution in [3.63, 3.8) is 0 Å². The minimum Gasteiger partial charge on any atom is -0.495 e. The van der Waals surface area contributed by atoms with Crippen LogP contribution in [-0.4, -0.2) is 12.1 Å². The Morgan fingerprint density at radius 3 is 2.73 bits per heavy atom. The molecule has 1 aromatic heterocycles. The number of ether oxygens (including phenoxy) is 1. The average Bonchev–Trinajstić information content (AvgIpc) is 2.89. The number of methoxy groups -OCH3 is 1. The van der Waals surface area contributed by atoms with Gasteiger partial charge in [-0.15, -0.1) is 0 Å². The molecule has 0 aromatic carbocycles. The first-order valence-corrected chi connectivity index (χ1v) is 5.87. The third-order valence-electron chi connectivity index (χ3n) is 4.22. The lowest BCUT2D eigenvalue weighted by Crippen LogP contribution is -2.17. The molecule has 2 aliphatic rings. The van der Waals surface area contributed by atoms with Crippen molar-refractivity contribution in [2.75, 3.05) is 7.11 Å². The molecule has 1 spiro atoms. The summed E-state index contributed by atoms with van der Waals surface area (Å²) in [6.45, 7) is 0. The van der Waals surface area contributed by atoms with Crippen LogP contribution < -0.4 is 4.74 Å². The van der Waals surface area contributed by atoms with Gasteiger partial charge in [-0.1, -0.05) is 12.8 Å². The maximum atomic E-state index is 5.40. The predicted octanol–water partition coefficient (Wildman–Crippen LogP) is 2.85. The fourth-order valence-corrected chi connectivity index (χ4v) is 3.43. The summed E-state index contributed by atoms with van der Waals surface area (Å²) < 4.78 is 5.40. The van der Waals surface area contributed by atoms with Gasteiger partial charge in [0.05, 0.1) is 13.3 Å². The lowest BCUT2D eigenvalue weighted by molar-refractivity contribution is 0.408. The summed E-state index contributed by atoms with van der Waals surface area (Å²) in [5, 5.41) is 0. The van der Waals surface area contributed by atoms with Crippen molar-refractivity contribution in [1.82, 2.24) is 4.98 Å². The second-order valence-corrected chi connectivity index (χ2v) is 4.86. The minimum atomic E-state index is 0.469. The van der Waals surface area contributed by atoms with E-state index in [0.717, 1.165) is 5.75 Å². The first-order valence-electron chi connectivity index (χ1n) is 5.87. The first-order chi connectivity index (χ1) is 7.36. The number of fused-ring (bicyclic) bond motifs is 2. The third-order valence-corrected chi connectivity index (χ3v) is 4.22. The molecule has 0 radical (unpaired) electrons. The lowest BCUT2D eigenvalue weighted by atomic mass is 9.81. The first kappa shape index (κ1) is 9.20. The largest absolute Gasteiger partial charge is 0.495 e. The minimum absolute atomic E-state index is 0.469. The Morgan fingerprint density at radius 1 is 1.20 bits per heavy atom. The molecule has 1 saturated carbocycles. The van der Waals surface area contributed by atoms with Crippen LogP contribution in [0.2, 0.25) is 0 Å². The highest BCUT2D eigenvalue weighted by Gasteiger charge is 2.42. The normalized spacial score (nSPS) is 21.9. The van der Waals surface area contributed by atoms with Gasteiger partial charge < -0.3 is 4.74 Å². The molecule has 1 fully saturated rings. The van der Waals surface area contributed by atoms with E-state index in [2.05, 4.69) is 11.2 Å². The molecular formula is C13H17NO. The lowest BCUT2D eigenvalue weighted by Gasteiger charge is -2.23. The zero-order valence-corrected chi connectivity index (χ0v) is 9.25. The molecule has 3 rings (SSSR count). The smallest absolute Gasteiger partial charge is 0.140 e. The average molecular weight is 203 g/mol. The molecule has 1 heterocycles. The standard InChI is InChI=1S/C13H17NO/c1-15-12-9-14-8-11-10(12)4-7-13(11)5-2-3-6-13/h8-9H,2-7H2,1H3. The Bertz CT molecular complexity index is 380. The van der Waals surface area contributed by atoms with Crippen LogP contribution in [0.5, 0.6) is 5.75 Å². The van der Waals surface area contributed by atoms with Crippen LogP contribution in [0.15, 0.2) is 12.4 Å². The predicted molar refractivity (Wildman–Crippen MR) is 59.3 cm³/mol. The van der Waals surface area contributed by atoms with Gasteiger partial charge in [0.1, 0.15) is 5.75 Å². The quantitative estimate of drug-likeness (QED) is 0.700. The molecule has 15 heavy (non-hydrogen) atoms. The summed E-state index contributed by atoms with van der Waals surface area (Å²) in [7, 11) is 1.75. The van der Waals surface area contributed by atoms with Crippen molar-refractivity contribution in [3.8, 4) is 5.75 Å². The molecule has 0 amide bonds. The summed E-state index contributed by atoms with van der Waals surface area (Å²) in [6, 6.07) is 0. The van der Waals surface area contributed by atoms with Gasteiger partial charge in [0.2, 0.25) is 0 Å². The van der Waals surface area contributed by atoms with Gasteiger partial charge in [-0.3, -0.25) is 4.98 Å². The summed E-state index contributed by atoms with van der Waals surface area (Å²) in [5.41, 5.74) is 3.38. The number of nitrogens with zero attached hydrogens (tertiary/aromatic N) is 1. The van der Waals surface area contributed by atoms with Gasteiger partial charge in [-0.2, -0.15) is 0 Å². The molecule has 0 N–H and O–H groups in total. The number of pyridine rings is 1. The Hall–Kier alpha value is -1.05. The van der Waals surface area contributed by atoms with Crippen LogP contribution >= 0.6 is 0 Å². The van der Waals surface area contributed by atoms with Gasteiger partial charge in [-0.05, 0) is 36.7 Å². The van der Waals surface area contributed by atoms with Gasteiger partial charge in [-0.25, -0.2) is 0 Å². The van der Waals surface area contributed by atoms with Crippen LogP contribution in [0.25, 0.3) is 0 Å². The van der Waals surface area contributed by atoms with E-state index in [-0.39, 0.29) is 0 Å². The zero-order chi connectivity index (χ0) is 10.3. The van der Waals surface area contributed by atoms with E-state index in [1.165, 1.54) is 49.7 Å². The van der Waals surface area contributed by atoms with Crippen LogP contribution in [0, 0.1) is 0 Å². The fraction of sp³-hybridized carbons (Fsp3) is 0.615. The molecule has 0 aliphatic heterocycles. The van der Waals surface area contributed by atoms with E-state index in [1.54, 1.807) is 7.11 Å². The Balaban J connectivity index is 2.10. The second-order valence-electron chi connectivity index (χ2n) is 4.86. The highest BCUT2D eigenvalue weighted by molar-refractivity contribution is 5.46.